The maximum absolute atomic E-state index is 12.7. The van der Waals surface area contributed by atoms with E-state index in [4.69, 9.17) is 9.47 Å². The zero-order valence-corrected chi connectivity index (χ0v) is 12.3. The molecule has 0 atom stereocenters. The minimum absolute atomic E-state index is 0.0954. The molecule has 0 aliphatic carbocycles. The highest BCUT2D eigenvalue weighted by Crippen LogP contribution is 2.27. The van der Waals surface area contributed by atoms with E-state index in [-0.39, 0.29) is 5.78 Å². The lowest BCUT2D eigenvalue weighted by molar-refractivity contribution is 0.102. The normalized spacial score (nSPS) is 16.7. The Morgan fingerprint density at radius 1 is 1.30 bits per heavy atom. The van der Waals surface area contributed by atoms with Crippen LogP contribution in [-0.2, 0) is 4.74 Å². The van der Waals surface area contributed by atoms with Gasteiger partial charge in [-0.05, 0) is 43.5 Å². The van der Waals surface area contributed by atoms with Gasteiger partial charge < -0.3 is 9.47 Å². The number of benzene rings is 1. The van der Waals surface area contributed by atoms with Gasteiger partial charge in [0.25, 0.3) is 0 Å². The van der Waals surface area contributed by atoms with Crippen LogP contribution in [0.15, 0.2) is 35.6 Å². The minimum atomic E-state index is 0.0954. The van der Waals surface area contributed by atoms with Crippen molar-refractivity contribution in [2.75, 3.05) is 13.7 Å². The first-order valence-electron chi connectivity index (χ1n) is 7.29. The molecule has 0 saturated carbocycles. The number of ether oxygens (including phenoxy) is 2. The Balaban J connectivity index is 2.23. The van der Waals surface area contributed by atoms with E-state index >= 15 is 0 Å². The highest BCUT2D eigenvalue weighted by Gasteiger charge is 2.20. The summed E-state index contributed by atoms with van der Waals surface area (Å²) in [5, 5.41) is 0. The van der Waals surface area contributed by atoms with Crippen LogP contribution in [0.3, 0.4) is 0 Å². The van der Waals surface area contributed by atoms with E-state index in [1.807, 2.05) is 24.3 Å². The van der Waals surface area contributed by atoms with E-state index in [0.717, 1.165) is 55.8 Å². The van der Waals surface area contributed by atoms with Gasteiger partial charge in [0.1, 0.15) is 11.5 Å². The molecule has 108 valence electrons. The Bertz CT molecular complexity index is 477. The second kappa shape index (κ2) is 7.13. The number of unbranched alkanes of at least 4 members (excludes halogenated alkanes) is 1. The number of allylic oxidation sites excluding steroid dienone is 2. The van der Waals surface area contributed by atoms with Crippen molar-refractivity contribution in [1.29, 1.82) is 0 Å². The lowest BCUT2D eigenvalue weighted by Crippen LogP contribution is -2.07. The lowest BCUT2D eigenvalue weighted by Gasteiger charge is -2.10. The van der Waals surface area contributed by atoms with Crippen LogP contribution in [0.2, 0.25) is 0 Å². The third kappa shape index (κ3) is 3.41. The van der Waals surface area contributed by atoms with Crippen molar-refractivity contribution in [1.82, 2.24) is 0 Å². The van der Waals surface area contributed by atoms with E-state index in [1.54, 1.807) is 7.11 Å². The van der Waals surface area contributed by atoms with Crippen LogP contribution < -0.4 is 4.74 Å². The predicted molar refractivity (Wildman–Crippen MR) is 79.1 cm³/mol. The van der Waals surface area contributed by atoms with Crippen molar-refractivity contribution in [3.05, 3.63) is 41.2 Å². The van der Waals surface area contributed by atoms with E-state index in [0.29, 0.717) is 5.56 Å². The zero-order chi connectivity index (χ0) is 14.4. The van der Waals surface area contributed by atoms with Gasteiger partial charge in [0.2, 0.25) is 0 Å². The quantitative estimate of drug-likeness (QED) is 0.578. The molecule has 1 aliphatic heterocycles. The number of rotatable bonds is 6. The molecule has 1 saturated heterocycles. The van der Waals surface area contributed by atoms with Gasteiger partial charge in [0.05, 0.1) is 13.7 Å². The summed E-state index contributed by atoms with van der Waals surface area (Å²) in [6.45, 7) is 2.87. The molecule has 2 rings (SSSR count). The molecule has 0 N–H and O–H groups in total. The smallest absolute Gasteiger partial charge is 0.192 e. The van der Waals surface area contributed by atoms with Gasteiger partial charge in [0.15, 0.2) is 5.78 Å². The summed E-state index contributed by atoms with van der Waals surface area (Å²) < 4.78 is 10.8. The highest BCUT2D eigenvalue weighted by molar-refractivity contribution is 6.09. The minimum Gasteiger partial charge on any atom is -0.497 e. The number of methoxy groups -OCH3 is 1. The molecular formula is C17H22O3. The van der Waals surface area contributed by atoms with E-state index < -0.39 is 0 Å². The first kappa shape index (κ1) is 14.6. The Kier molecular flexibility index (Phi) is 5.22. The Hall–Kier alpha value is -1.77. The fourth-order valence-electron chi connectivity index (χ4n) is 2.39. The molecule has 1 aliphatic rings. The van der Waals surface area contributed by atoms with E-state index in [1.165, 1.54) is 0 Å². The molecule has 3 nitrogen and oxygen atoms in total. The molecule has 0 spiro atoms. The van der Waals surface area contributed by atoms with Gasteiger partial charge in [-0.25, -0.2) is 0 Å². The third-order valence-electron chi connectivity index (χ3n) is 3.57. The number of Topliss-reactive ketones (excluding diaryl/α,β-unsaturated/α-hetero) is 1. The number of ketones is 1. The molecule has 0 amide bonds. The maximum Gasteiger partial charge on any atom is 0.192 e. The number of hydrogen-bond acceptors (Lipinski definition) is 3. The average molecular weight is 274 g/mol. The van der Waals surface area contributed by atoms with Crippen LogP contribution in [0, 0.1) is 0 Å². The molecule has 1 heterocycles. The first-order chi connectivity index (χ1) is 9.76. The Labute approximate surface area is 120 Å². The van der Waals surface area contributed by atoms with Crippen LogP contribution in [0.1, 0.15) is 49.4 Å². The van der Waals surface area contributed by atoms with Crippen LogP contribution >= 0.6 is 0 Å². The summed E-state index contributed by atoms with van der Waals surface area (Å²) in [4.78, 5) is 12.7. The number of carbonyl (C=O) groups is 1. The Morgan fingerprint density at radius 2 is 2.05 bits per heavy atom. The molecular weight excluding hydrogens is 252 g/mol. The van der Waals surface area contributed by atoms with Crippen LogP contribution in [-0.4, -0.2) is 19.5 Å². The number of carbonyl (C=O) groups excluding carboxylic acids is 1. The van der Waals surface area contributed by atoms with Crippen molar-refractivity contribution < 1.29 is 14.3 Å². The molecule has 1 aromatic rings. The molecule has 0 bridgehead atoms. The van der Waals surface area contributed by atoms with Crippen molar-refractivity contribution in [2.24, 2.45) is 0 Å². The summed E-state index contributed by atoms with van der Waals surface area (Å²) in [5.74, 6) is 1.76. The highest BCUT2D eigenvalue weighted by atomic mass is 16.5. The lowest BCUT2D eigenvalue weighted by atomic mass is 9.96. The fraction of sp³-hybridized carbons (Fsp3) is 0.471. The SMILES string of the molecule is CCCC/C(C(=O)c1ccc(OC)cc1)=C1\CCCO1. The molecule has 0 aromatic heterocycles. The molecule has 0 unspecified atom stereocenters. The molecule has 1 fully saturated rings. The Morgan fingerprint density at radius 3 is 2.60 bits per heavy atom. The topological polar surface area (TPSA) is 35.5 Å². The second-order valence-corrected chi connectivity index (χ2v) is 5.01. The fourth-order valence-corrected chi connectivity index (χ4v) is 2.39. The van der Waals surface area contributed by atoms with Crippen LogP contribution in [0.4, 0.5) is 0 Å². The zero-order valence-electron chi connectivity index (χ0n) is 12.3. The largest absolute Gasteiger partial charge is 0.497 e. The first-order valence-corrected chi connectivity index (χ1v) is 7.29. The standard InChI is InChI=1S/C17H22O3/c1-3-4-6-15(16-7-5-12-20-16)17(18)13-8-10-14(19-2)11-9-13/h8-11H,3-7,12H2,1-2H3/b16-15-. The summed E-state index contributed by atoms with van der Waals surface area (Å²) in [6.07, 6.45) is 4.80. The van der Waals surface area contributed by atoms with Gasteiger partial charge in [0, 0.05) is 17.6 Å². The second-order valence-electron chi connectivity index (χ2n) is 5.01. The van der Waals surface area contributed by atoms with Gasteiger partial charge in [-0.3, -0.25) is 4.79 Å². The third-order valence-corrected chi connectivity index (χ3v) is 3.57. The van der Waals surface area contributed by atoms with Crippen molar-refractivity contribution in [3.8, 4) is 5.75 Å². The van der Waals surface area contributed by atoms with E-state index in [2.05, 4.69) is 6.92 Å². The van der Waals surface area contributed by atoms with Crippen molar-refractivity contribution in [3.63, 3.8) is 0 Å². The number of hydrogen-bond donors (Lipinski definition) is 0. The maximum atomic E-state index is 12.7. The summed E-state index contributed by atoms with van der Waals surface area (Å²) in [6, 6.07) is 7.29. The van der Waals surface area contributed by atoms with E-state index in [9.17, 15) is 4.79 Å². The molecule has 20 heavy (non-hydrogen) atoms. The van der Waals surface area contributed by atoms with Crippen molar-refractivity contribution in [2.45, 2.75) is 39.0 Å². The predicted octanol–water partition coefficient (Wildman–Crippen LogP) is 4.13. The molecule has 3 heteroatoms. The van der Waals surface area contributed by atoms with Gasteiger partial charge in [-0.15, -0.1) is 0 Å². The monoisotopic (exact) mass is 274 g/mol. The molecule has 0 radical (unpaired) electrons. The van der Waals surface area contributed by atoms with Gasteiger partial charge in [-0.2, -0.15) is 0 Å². The van der Waals surface area contributed by atoms with Gasteiger partial charge in [-0.1, -0.05) is 13.3 Å². The summed E-state index contributed by atoms with van der Waals surface area (Å²) in [5.41, 5.74) is 1.56. The van der Waals surface area contributed by atoms with Gasteiger partial charge >= 0.3 is 0 Å². The molecule has 1 aromatic carbocycles. The summed E-state index contributed by atoms with van der Waals surface area (Å²) >= 11 is 0. The average Bonchev–Trinajstić information content (AvgIpc) is 3.01. The van der Waals surface area contributed by atoms with Crippen LogP contribution in [0.5, 0.6) is 5.75 Å². The summed E-state index contributed by atoms with van der Waals surface area (Å²) in [7, 11) is 1.62. The van der Waals surface area contributed by atoms with Crippen molar-refractivity contribution >= 4 is 5.78 Å². The van der Waals surface area contributed by atoms with Crippen LogP contribution in [0.25, 0.3) is 0 Å².